The number of ether oxygens (including phenoxy) is 2. The van der Waals surface area contributed by atoms with Crippen molar-refractivity contribution < 1.29 is 24.2 Å². The van der Waals surface area contributed by atoms with Gasteiger partial charge in [0.05, 0.1) is 6.61 Å². The Bertz CT molecular complexity index is 392. The van der Waals surface area contributed by atoms with Crippen LogP contribution in [0, 0.1) is 0 Å². The average Bonchev–Trinajstić information content (AvgIpc) is 2.80. The van der Waals surface area contributed by atoms with Crippen molar-refractivity contribution in [3.05, 3.63) is 22.4 Å². The van der Waals surface area contributed by atoms with Gasteiger partial charge in [0, 0.05) is 13.5 Å². The number of hydrogen-bond donors (Lipinski definition) is 1. The molecule has 1 N–H and O–H groups in total. The minimum atomic E-state index is -1.29. The fraction of sp³-hybridized carbons (Fsp3) is 0.455. The highest BCUT2D eigenvalue weighted by atomic mass is 32.1. The number of imide groups is 1. The second-order valence-electron chi connectivity index (χ2n) is 3.43. The molecule has 1 aromatic heterocycles. The van der Waals surface area contributed by atoms with Crippen molar-refractivity contribution in [1.82, 2.24) is 4.90 Å². The molecular formula is C11H15NO5S. The van der Waals surface area contributed by atoms with E-state index in [0.29, 0.717) is 4.90 Å². The van der Waals surface area contributed by atoms with Gasteiger partial charge in [-0.2, -0.15) is 11.3 Å². The van der Waals surface area contributed by atoms with Crippen molar-refractivity contribution in [3.8, 4) is 0 Å². The van der Waals surface area contributed by atoms with Crippen LogP contribution in [0.2, 0.25) is 0 Å². The van der Waals surface area contributed by atoms with Crippen LogP contribution in [0.1, 0.15) is 12.5 Å². The molecule has 0 spiro atoms. The molecule has 0 bridgehead atoms. The molecule has 0 aliphatic carbocycles. The lowest BCUT2D eigenvalue weighted by Gasteiger charge is -2.17. The van der Waals surface area contributed by atoms with Crippen molar-refractivity contribution in [2.45, 2.75) is 19.6 Å². The van der Waals surface area contributed by atoms with Gasteiger partial charge < -0.3 is 14.6 Å². The number of thiophene rings is 1. The number of hydrogen-bond acceptors (Lipinski definition) is 6. The summed E-state index contributed by atoms with van der Waals surface area (Å²) in [6, 6.07) is 1.82. The number of aliphatic hydroxyl groups is 1. The van der Waals surface area contributed by atoms with Crippen molar-refractivity contribution in [3.63, 3.8) is 0 Å². The fourth-order valence-electron chi connectivity index (χ4n) is 1.14. The topological polar surface area (TPSA) is 76.1 Å². The third kappa shape index (κ3) is 4.34. The molecule has 1 rings (SSSR count). The lowest BCUT2D eigenvalue weighted by atomic mass is 10.2. The smallest absolute Gasteiger partial charge is 0.421 e. The fourth-order valence-corrected chi connectivity index (χ4v) is 1.82. The van der Waals surface area contributed by atoms with Gasteiger partial charge in [-0.3, -0.25) is 0 Å². The van der Waals surface area contributed by atoms with Crippen LogP contribution in [0.4, 0.5) is 9.59 Å². The van der Waals surface area contributed by atoms with E-state index in [1.807, 2.05) is 16.8 Å². The van der Waals surface area contributed by atoms with Crippen LogP contribution < -0.4 is 0 Å². The molecule has 6 nitrogen and oxygen atoms in total. The molecule has 0 fully saturated rings. The van der Waals surface area contributed by atoms with Gasteiger partial charge in [-0.1, -0.05) is 0 Å². The molecule has 18 heavy (non-hydrogen) atoms. The first-order valence-corrected chi connectivity index (χ1v) is 6.29. The number of carbonyl (C=O) groups is 2. The highest BCUT2D eigenvalue weighted by molar-refractivity contribution is 7.07. The summed E-state index contributed by atoms with van der Waals surface area (Å²) in [4.78, 5) is 23.3. The summed E-state index contributed by atoms with van der Waals surface area (Å²) in [5.41, 5.74) is 0.860. The molecule has 0 radical (unpaired) electrons. The van der Waals surface area contributed by atoms with Gasteiger partial charge in [0.1, 0.15) is 0 Å². The summed E-state index contributed by atoms with van der Waals surface area (Å²) in [7, 11) is 1.22. The van der Waals surface area contributed by atoms with Crippen molar-refractivity contribution in [2.75, 3.05) is 13.7 Å². The van der Waals surface area contributed by atoms with Gasteiger partial charge in [0.15, 0.2) is 0 Å². The van der Waals surface area contributed by atoms with E-state index < -0.39 is 18.5 Å². The molecule has 2 amide bonds. The zero-order chi connectivity index (χ0) is 13.5. The van der Waals surface area contributed by atoms with Crippen molar-refractivity contribution in [2.24, 2.45) is 0 Å². The summed E-state index contributed by atoms with van der Waals surface area (Å²) in [6.07, 6.45) is -2.86. The Kier molecular flexibility index (Phi) is 5.60. The lowest BCUT2D eigenvalue weighted by molar-refractivity contribution is -0.0595. The summed E-state index contributed by atoms with van der Waals surface area (Å²) in [5, 5.41) is 13.2. The van der Waals surface area contributed by atoms with Crippen LogP contribution >= 0.6 is 11.3 Å². The number of aliphatic hydroxyl groups excluding tert-OH is 1. The molecular weight excluding hydrogens is 258 g/mol. The Balaban J connectivity index is 2.41. The predicted octanol–water partition coefficient (Wildman–Crippen LogP) is 1.83. The zero-order valence-corrected chi connectivity index (χ0v) is 11.0. The Morgan fingerprint density at radius 3 is 2.78 bits per heavy atom. The molecule has 0 saturated carbocycles. The van der Waals surface area contributed by atoms with Crippen LogP contribution in [0.5, 0.6) is 0 Å². The quantitative estimate of drug-likeness (QED) is 0.847. The van der Waals surface area contributed by atoms with Gasteiger partial charge in [0.2, 0.25) is 6.29 Å². The lowest BCUT2D eigenvalue weighted by Crippen LogP contribution is -2.36. The SMILES string of the molecule is CCOC(=O)N(C)C(=O)OC(O)Cc1ccsc1. The van der Waals surface area contributed by atoms with E-state index in [0.717, 1.165) is 5.56 Å². The maximum Gasteiger partial charge on any atom is 0.421 e. The summed E-state index contributed by atoms with van der Waals surface area (Å²) in [5.74, 6) is 0. The van der Waals surface area contributed by atoms with Crippen LogP contribution in [0.3, 0.4) is 0 Å². The van der Waals surface area contributed by atoms with Crippen LogP contribution in [-0.2, 0) is 15.9 Å². The van der Waals surface area contributed by atoms with Crippen LogP contribution in [0.25, 0.3) is 0 Å². The van der Waals surface area contributed by atoms with Crippen molar-refractivity contribution in [1.29, 1.82) is 0 Å². The highest BCUT2D eigenvalue weighted by Gasteiger charge is 2.22. The van der Waals surface area contributed by atoms with E-state index in [1.54, 1.807) is 6.92 Å². The van der Waals surface area contributed by atoms with E-state index >= 15 is 0 Å². The Hall–Kier alpha value is -1.60. The second kappa shape index (κ2) is 6.97. The number of rotatable bonds is 4. The van der Waals surface area contributed by atoms with E-state index in [-0.39, 0.29) is 13.0 Å². The standard InChI is InChI=1S/C11H15NO5S/c1-3-16-10(14)12(2)11(15)17-9(13)6-8-4-5-18-7-8/h4-5,7,9,13H,3,6H2,1-2H3. The van der Waals surface area contributed by atoms with Gasteiger partial charge in [-0.05, 0) is 29.3 Å². The molecule has 1 atom stereocenters. The highest BCUT2D eigenvalue weighted by Crippen LogP contribution is 2.10. The third-order valence-corrected chi connectivity index (χ3v) is 2.77. The molecule has 0 aliphatic rings. The molecule has 0 aliphatic heterocycles. The third-order valence-electron chi connectivity index (χ3n) is 2.04. The average molecular weight is 273 g/mol. The van der Waals surface area contributed by atoms with E-state index in [1.165, 1.54) is 18.4 Å². The van der Waals surface area contributed by atoms with E-state index in [9.17, 15) is 14.7 Å². The Labute approximate surface area is 109 Å². The van der Waals surface area contributed by atoms with E-state index in [4.69, 9.17) is 4.74 Å². The van der Waals surface area contributed by atoms with Gasteiger partial charge in [0.25, 0.3) is 0 Å². The molecule has 1 unspecified atom stereocenters. The van der Waals surface area contributed by atoms with Gasteiger partial charge >= 0.3 is 12.2 Å². The van der Waals surface area contributed by atoms with Crippen LogP contribution in [0.15, 0.2) is 16.8 Å². The zero-order valence-electron chi connectivity index (χ0n) is 10.2. The van der Waals surface area contributed by atoms with Crippen molar-refractivity contribution >= 4 is 23.5 Å². The molecule has 1 aromatic rings. The predicted molar refractivity (Wildman–Crippen MR) is 65.3 cm³/mol. The first-order chi connectivity index (χ1) is 8.54. The summed E-state index contributed by atoms with van der Waals surface area (Å²) < 4.78 is 9.32. The minimum absolute atomic E-state index is 0.161. The van der Waals surface area contributed by atoms with Gasteiger partial charge in [-0.25, -0.2) is 14.5 Å². The molecule has 7 heteroatoms. The maximum absolute atomic E-state index is 11.4. The molecule has 0 saturated heterocycles. The summed E-state index contributed by atoms with van der Waals surface area (Å²) in [6.45, 7) is 1.79. The van der Waals surface area contributed by atoms with E-state index in [2.05, 4.69) is 4.74 Å². The molecule has 1 heterocycles. The Morgan fingerprint density at radius 1 is 1.50 bits per heavy atom. The first kappa shape index (κ1) is 14.5. The summed E-state index contributed by atoms with van der Waals surface area (Å²) >= 11 is 1.48. The number of nitrogens with zero attached hydrogens (tertiary/aromatic N) is 1. The molecule has 0 aromatic carbocycles. The first-order valence-electron chi connectivity index (χ1n) is 5.34. The molecule has 100 valence electrons. The van der Waals surface area contributed by atoms with Crippen LogP contribution in [-0.4, -0.2) is 42.1 Å². The van der Waals surface area contributed by atoms with Gasteiger partial charge in [-0.15, -0.1) is 0 Å². The number of carbonyl (C=O) groups excluding carboxylic acids is 2. The monoisotopic (exact) mass is 273 g/mol. The Morgan fingerprint density at radius 2 is 2.22 bits per heavy atom. The second-order valence-corrected chi connectivity index (χ2v) is 4.21. The maximum atomic E-state index is 11.4. The largest absolute Gasteiger partial charge is 0.449 e. The number of amides is 2. The minimum Gasteiger partial charge on any atom is -0.449 e. The normalized spacial score (nSPS) is 11.7.